The largest absolute Gasteiger partial charge is 0.379 e. The monoisotopic (exact) mass is 286 g/mol. The average molecular weight is 286 g/mol. The van der Waals surface area contributed by atoms with Gasteiger partial charge >= 0.3 is 0 Å². The first-order valence-electron chi connectivity index (χ1n) is 7.86. The van der Waals surface area contributed by atoms with Crippen molar-refractivity contribution < 1.29 is 4.74 Å². The van der Waals surface area contributed by atoms with Crippen LogP contribution >= 0.6 is 11.8 Å². The molecule has 2 fully saturated rings. The molecule has 0 radical (unpaired) electrons. The summed E-state index contributed by atoms with van der Waals surface area (Å²) >= 11 is 2.11. The van der Waals surface area contributed by atoms with Gasteiger partial charge in [-0.3, -0.25) is 4.90 Å². The highest BCUT2D eigenvalue weighted by molar-refractivity contribution is 7.99. The molecule has 0 aliphatic carbocycles. The Morgan fingerprint density at radius 1 is 1.32 bits per heavy atom. The van der Waals surface area contributed by atoms with Crippen LogP contribution in [0, 0.1) is 11.8 Å². The molecule has 1 N–H and O–H groups in total. The van der Waals surface area contributed by atoms with Gasteiger partial charge in [-0.2, -0.15) is 11.8 Å². The molecule has 0 aromatic carbocycles. The van der Waals surface area contributed by atoms with E-state index in [0.717, 1.165) is 44.7 Å². The number of nitrogens with zero attached hydrogens (tertiary/aromatic N) is 1. The van der Waals surface area contributed by atoms with Crippen LogP contribution in [-0.4, -0.2) is 61.8 Å². The second-order valence-corrected chi connectivity index (χ2v) is 7.47. The summed E-state index contributed by atoms with van der Waals surface area (Å²) in [5.74, 6) is 4.41. The van der Waals surface area contributed by atoms with E-state index in [1.807, 2.05) is 0 Å². The molecular weight excluding hydrogens is 256 g/mol. The molecule has 112 valence electrons. The van der Waals surface area contributed by atoms with Crippen molar-refractivity contribution in [3.05, 3.63) is 0 Å². The van der Waals surface area contributed by atoms with E-state index in [0.29, 0.717) is 6.04 Å². The van der Waals surface area contributed by atoms with Gasteiger partial charge in [-0.05, 0) is 42.7 Å². The van der Waals surface area contributed by atoms with E-state index < -0.39 is 0 Å². The lowest BCUT2D eigenvalue weighted by molar-refractivity contribution is 0.0122. The molecule has 2 heterocycles. The van der Waals surface area contributed by atoms with Crippen LogP contribution < -0.4 is 5.32 Å². The van der Waals surface area contributed by atoms with Crippen LogP contribution in [-0.2, 0) is 4.74 Å². The number of thioether (sulfide) groups is 1. The topological polar surface area (TPSA) is 24.5 Å². The molecule has 0 saturated carbocycles. The van der Waals surface area contributed by atoms with E-state index in [4.69, 9.17) is 4.74 Å². The zero-order valence-electron chi connectivity index (χ0n) is 12.6. The summed E-state index contributed by atoms with van der Waals surface area (Å²) in [5, 5.41) is 3.73. The smallest absolute Gasteiger partial charge is 0.0594 e. The first kappa shape index (κ1) is 15.6. The van der Waals surface area contributed by atoms with E-state index >= 15 is 0 Å². The Hall–Kier alpha value is 0.230. The van der Waals surface area contributed by atoms with Gasteiger partial charge in [-0.1, -0.05) is 13.8 Å². The number of morpholine rings is 1. The van der Waals surface area contributed by atoms with Crippen molar-refractivity contribution in [1.82, 2.24) is 10.2 Å². The van der Waals surface area contributed by atoms with Gasteiger partial charge in [0.15, 0.2) is 0 Å². The van der Waals surface area contributed by atoms with Crippen molar-refractivity contribution in [2.75, 3.05) is 50.9 Å². The fourth-order valence-electron chi connectivity index (χ4n) is 3.05. The summed E-state index contributed by atoms with van der Waals surface area (Å²) in [4.78, 5) is 2.62. The molecule has 3 nitrogen and oxygen atoms in total. The lowest BCUT2D eigenvalue weighted by Gasteiger charge is -2.35. The maximum atomic E-state index is 5.48. The third-order valence-corrected chi connectivity index (χ3v) is 5.37. The lowest BCUT2D eigenvalue weighted by atomic mass is 10.0. The van der Waals surface area contributed by atoms with Crippen molar-refractivity contribution in [3.8, 4) is 0 Å². The molecule has 0 amide bonds. The SMILES string of the molecule is CC(C)CC(CNCC1CCSC1)N1CCOCC1. The van der Waals surface area contributed by atoms with Crippen molar-refractivity contribution in [2.45, 2.75) is 32.7 Å². The van der Waals surface area contributed by atoms with Gasteiger partial charge in [-0.25, -0.2) is 0 Å². The number of hydrogen-bond acceptors (Lipinski definition) is 4. The highest BCUT2D eigenvalue weighted by Gasteiger charge is 2.22. The summed E-state index contributed by atoms with van der Waals surface area (Å²) in [6.45, 7) is 11.1. The lowest BCUT2D eigenvalue weighted by Crippen LogP contribution is -2.49. The Morgan fingerprint density at radius 3 is 2.74 bits per heavy atom. The van der Waals surface area contributed by atoms with Gasteiger partial charge in [0.2, 0.25) is 0 Å². The molecule has 2 rings (SSSR count). The summed E-state index contributed by atoms with van der Waals surface area (Å²) in [6.07, 6.45) is 2.70. The van der Waals surface area contributed by atoms with Crippen molar-refractivity contribution in [3.63, 3.8) is 0 Å². The van der Waals surface area contributed by atoms with Crippen LogP contribution in [0.4, 0.5) is 0 Å². The fraction of sp³-hybridized carbons (Fsp3) is 1.00. The van der Waals surface area contributed by atoms with Crippen LogP contribution in [0.1, 0.15) is 26.7 Å². The number of rotatable bonds is 7. The predicted octanol–water partition coefficient (Wildman–Crippen LogP) is 2.08. The molecule has 2 aliphatic heterocycles. The van der Waals surface area contributed by atoms with E-state index in [1.165, 1.54) is 30.9 Å². The van der Waals surface area contributed by atoms with Crippen LogP contribution in [0.2, 0.25) is 0 Å². The standard InChI is InChI=1S/C15H30N2OS/c1-13(2)9-15(17-4-6-18-7-5-17)11-16-10-14-3-8-19-12-14/h13-16H,3-12H2,1-2H3. The molecule has 19 heavy (non-hydrogen) atoms. The minimum Gasteiger partial charge on any atom is -0.379 e. The molecular formula is C15H30N2OS. The molecule has 0 spiro atoms. The number of nitrogens with one attached hydrogen (secondary N) is 1. The maximum absolute atomic E-state index is 5.48. The van der Waals surface area contributed by atoms with Crippen molar-refractivity contribution >= 4 is 11.8 Å². The Bertz CT molecular complexity index is 238. The van der Waals surface area contributed by atoms with Gasteiger partial charge in [0.05, 0.1) is 13.2 Å². The molecule has 0 bridgehead atoms. The van der Waals surface area contributed by atoms with E-state index in [1.54, 1.807) is 0 Å². The molecule has 2 aliphatic rings. The minimum absolute atomic E-state index is 0.693. The molecule has 4 heteroatoms. The minimum atomic E-state index is 0.693. The second-order valence-electron chi connectivity index (χ2n) is 6.32. The van der Waals surface area contributed by atoms with E-state index in [-0.39, 0.29) is 0 Å². The summed E-state index contributed by atoms with van der Waals surface area (Å²) in [6, 6.07) is 0.693. The quantitative estimate of drug-likeness (QED) is 0.774. The Kier molecular flexibility index (Phi) is 6.99. The third kappa shape index (κ3) is 5.62. The molecule has 0 aromatic heterocycles. The second kappa shape index (κ2) is 8.50. The highest BCUT2D eigenvalue weighted by Crippen LogP contribution is 2.22. The normalized spacial score (nSPS) is 27.0. The number of ether oxygens (including phenoxy) is 1. The number of hydrogen-bond donors (Lipinski definition) is 1. The Morgan fingerprint density at radius 2 is 2.11 bits per heavy atom. The Labute approximate surface area is 122 Å². The van der Waals surface area contributed by atoms with Gasteiger partial charge < -0.3 is 10.1 Å². The molecule has 2 saturated heterocycles. The molecule has 0 aromatic rings. The van der Waals surface area contributed by atoms with Gasteiger partial charge in [-0.15, -0.1) is 0 Å². The van der Waals surface area contributed by atoms with Crippen LogP contribution in [0.3, 0.4) is 0 Å². The third-order valence-electron chi connectivity index (χ3n) is 4.14. The van der Waals surface area contributed by atoms with Gasteiger partial charge in [0, 0.05) is 25.7 Å². The van der Waals surface area contributed by atoms with E-state index in [9.17, 15) is 0 Å². The average Bonchev–Trinajstić information content (AvgIpc) is 2.91. The zero-order chi connectivity index (χ0) is 13.5. The van der Waals surface area contributed by atoms with Crippen molar-refractivity contribution in [1.29, 1.82) is 0 Å². The highest BCUT2D eigenvalue weighted by atomic mass is 32.2. The van der Waals surface area contributed by atoms with Crippen LogP contribution in [0.25, 0.3) is 0 Å². The molecule has 2 unspecified atom stereocenters. The predicted molar refractivity (Wildman–Crippen MR) is 83.9 cm³/mol. The summed E-state index contributed by atoms with van der Waals surface area (Å²) < 4.78 is 5.48. The first-order valence-corrected chi connectivity index (χ1v) is 9.01. The van der Waals surface area contributed by atoms with Gasteiger partial charge in [0.1, 0.15) is 0 Å². The fourth-order valence-corrected chi connectivity index (χ4v) is 4.33. The van der Waals surface area contributed by atoms with Crippen LogP contribution in [0.5, 0.6) is 0 Å². The van der Waals surface area contributed by atoms with Crippen LogP contribution in [0.15, 0.2) is 0 Å². The zero-order valence-corrected chi connectivity index (χ0v) is 13.4. The Balaban J connectivity index is 1.72. The van der Waals surface area contributed by atoms with E-state index in [2.05, 4.69) is 35.8 Å². The molecule has 2 atom stereocenters. The van der Waals surface area contributed by atoms with Crippen molar-refractivity contribution in [2.24, 2.45) is 11.8 Å². The van der Waals surface area contributed by atoms with Gasteiger partial charge in [0.25, 0.3) is 0 Å². The summed E-state index contributed by atoms with van der Waals surface area (Å²) in [7, 11) is 0. The summed E-state index contributed by atoms with van der Waals surface area (Å²) in [5.41, 5.74) is 0. The first-order chi connectivity index (χ1) is 9.25. The maximum Gasteiger partial charge on any atom is 0.0594 e.